The average molecular weight is 346 g/mol. The Morgan fingerprint density at radius 3 is 1.04 bits per heavy atom. The van der Waals surface area contributed by atoms with Crippen molar-refractivity contribution in [3.05, 3.63) is 35.4 Å². The van der Waals surface area contributed by atoms with E-state index in [2.05, 4.69) is 28.4 Å². The maximum Gasteiger partial charge on any atom is 0.336 e. The maximum absolute atomic E-state index is 10.5. The van der Waals surface area contributed by atoms with Crippen molar-refractivity contribution < 1.29 is 48.2 Å². The average Bonchev–Trinajstić information content (AvgIpc) is 2.65. The number of hydrogen-bond acceptors (Lipinski definition) is 8. The summed E-state index contributed by atoms with van der Waals surface area (Å²) in [6.45, 7) is 2.25. The largest absolute Gasteiger partial charge is 0.478 e. The Balaban J connectivity index is 0.000000200. The van der Waals surface area contributed by atoms with Gasteiger partial charge in [0.25, 0.3) is 0 Å². The van der Waals surface area contributed by atoms with Crippen LogP contribution < -0.4 is 0 Å². The predicted octanol–water partition coefficient (Wildman–Crippen LogP) is 0.928. The summed E-state index contributed by atoms with van der Waals surface area (Å²) in [5.41, 5.74) is -0.380. The number of carboxylic acids is 2. The van der Waals surface area contributed by atoms with Crippen molar-refractivity contribution in [2.45, 2.75) is 0 Å². The summed E-state index contributed by atoms with van der Waals surface area (Å²) in [4.78, 5) is 20.9. The topological polar surface area (TPSA) is 130 Å². The van der Waals surface area contributed by atoms with Crippen LogP contribution in [0.15, 0.2) is 24.3 Å². The third-order valence-electron chi connectivity index (χ3n) is 2.39. The van der Waals surface area contributed by atoms with E-state index in [1.807, 2.05) is 0 Å². The fraction of sp³-hybridized carbons (Fsp3) is 0.429. The maximum atomic E-state index is 10.5. The van der Waals surface area contributed by atoms with Gasteiger partial charge in [0.05, 0.1) is 11.1 Å². The Morgan fingerprint density at radius 1 is 0.625 bits per heavy atom. The highest BCUT2D eigenvalue weighted by molar-refractivity contribution is 6.01. The van der Waals surface area contributed by atoms with Crippen LogP contribution in [-0.4, -0.2) is 62.9 Å². The summed E-state index contributed by atoms with van der Waals surface area (Å²) < 4.78 is 27.8. The lowest BCUT2D eigenvalue weighted by Crippen LogP contribution is -2.14. The lowest BCUT2D eigenvalue weighted by molar-refractivity contribution is -0.247. The van der Waals surface area contributed by atoms with E-state index in [9.17, 15) is 9.59 Å². The molecule has 10 nitrogen and oxygen atoms in total. The number of aromatic carboxylic acids is 2. The fourth-order valence-electron chi connectivity index (χ4n) is 1.41. The first-order valence-electron chi connectivity index (χ1n) is 6.65. The third-order valence-corrected chi connectivity index (χ3v) is 2.39. The van der Waals surface area contributed by atoms with Crippen LogP contribution in [-0.2, 0) is 28.4 Å². The molecule has 0 aliphatic carbocycles. The van der Waals surface area contributed by atoms with Crippen LogP contribution in [0.4, 0.5) is 0 Å². The molecule has 1 aromatic carbocycles. The molecule has 2 aliphatic heterocycles. The third kappa shape index (κ3) is 8.53. The van der Waals surface area contributed by atoms with Crippen LogP contribution in [0.25, 0.3) is 0 Å². The summed E-state index contributed by atoms with van der Waals surface area (Å²) in [6.07, 6.45) is 0. The molecule has 0 saturated carbocycles. The molecule has 2 heterocycles. The first-order valence-corrected chi connectivity index (χ1v) is 6.65. The van der Waals surface area contributed by atoms with Crippen LogP contribution in [0.1, 0.15) is 20.7 Å². The molecule has 2 saturated heterocycles. The molecular weight excluding hydrogens is 328 g/mol. The molecular formula is C14H18O10. The molecule has 0 bridgehead atoms. The van der Waals surface area contributed by atoms with Crippen molar-refractivity contribution in [2.75, 3.05) is 40.8 Å². The van der Waals surface area contributed by atoms with Gasteiger partial charge in [-0.2, -0.15) is 0 Å². The van der Waals surface area contributed by atoms with E-state index in [4.69, 9.17) is 10.2 Å². The molecule has 0 spiro atoms. The molecule has 1 aromatic rings. The number of benzene rings is 1. The molecule has 0 unspecified atom stereocenters. The molecule has 24 heavy (non-hydrogen) atoms. The van der Waals surface area contributed by atoms with Crippen LogP contribution in [0.5, 0.6) is 0 Å². The van der Waals surface area contributed by atoms with Gasteiger partial charge in [0.2, 0.25) is 0 Å². The van der Waals surface area contributed by atoms with E-state index < -0.39 is 11.9 Å². The van der Waals surface area contributed by atoms with E-state index in [1.165, 1.54) is 24.3 Å². The van der Waals surface area contributed by atoms with Crippen LogP contribution >= 0.6 is 0 Å². The van der Waals surface area contributed by atoms with Gasteiger partial charge in [-0.15, -0.1) is 0 Å². The number of hydrogen-bond donors (Lipinski definition) is 2. The van der Waals surface area contributed by atoms with Crippen molar-refractivity contribution in [2.24, 2.45) is 0 Å². The van der Waals surface area contributed by atoms with Gasteiger partial charge >= 0.3 is 11.9 Å². The van der Waals surface area contributed by atoms with Gasteiger partial charge in [-0.25, -0.2) is 9.59 Å². The Morgan fingerprint density at radius 2 is 0.875 bits per heavy atom. The lowest BCUT2D eigenvalue weighted by Gasteiger charge is -2.10. The van der Waals surface area contributed by atoms with E-state index in [0.717, 1.165) is 0 Å². The van der Waals surface area contributed by atoms with Gasteiger partial charge < -0.3 is 38.6 Å². The summed E-state index contributed by atoms with van der Waals surface area (Å²) in [7, 11) is 0. The first-order chi connectivity index (χ1) is 11.6. The fourth-order valence-corrected chi connectivity index (χ4v) is 1.41. The lowest BCUT2D eigenvalue weighted by atomic mass is 10.1. The highest BCUT2D eigenvalue weighted by Gasteiger charge is 2.13. The normalized spacial score (nSPS) is 16.7. The van der Waals surface area contributed by atoms with Gasteiger partial charge in [0.15, 0.2) is 40.8 Å². The van der Waals surface area contributed by atoms with Crippen LogP contribution in [0.2, 0.25) is 0 Å². The Labute approximate surface area is 137 Å². The Kier molecular flexibility index (Phi) is 10.3. The van der Waals surface area contributed by atoms with E-state index >= 15 is 0 Å². The van der Waals surface area contributed by atoms with Gasteiger partial charge in [-0.05, 0) is 12.1 Å². The monoisotopic (exact) mass is 346 g/mol. The highest BCUT2D eigenvalue weighted by Crippen LogP contribution is 2.07. The standard InChI is InChI=1S/C8H6O4.2C3H6O3/c9-7(10)5-3-1-2-4-6(5)8(11)12;2*1-4-2-6-3-5-1/h1-4H,(H,9,10)(H,11,12);2*1-3H2. The summed E-state index contributed by atoms with van der Waals surface area (Å²) in [5, 5.41) is 17.1. The quantitative estimate of drug-likeness (QED) is 0.797. The zero-order valence-corrected chi connectivity index (χ0v) is 12.7. The predicted molar refractivity (Wildman–Crippen MR) is 76.1 cm³/mol. The molecule has 0 radical (unpaired) electrons. The van der Waals surface area contributed by atoms with Gasteiger partial charge in [0, 0.05) is 0 Å². The van der Waals surface area contributed by atoms with Crippen LogP contribution in [0.3, 0.4) is 0 Å². The van der Waals surface area contributed by atoms with Crippen molar-refractivity contribution >= 4 is 11.9 Å². The van der Waals surface area contributed by atoms with Crippen molar-refractivity contribution in [3.63, 3.8) is 0 Å². The van der Waals surface area contributed by atoms with E-state index in [0.29, 0.717) is 40.8 Å². The minimum atomic E-state index is -1.23. The molecule has 10 heteroatoms. The van der Waals surface area contributed by atoms with Crippen molar-refractivity contribution in [3.8, 4) is 0 Å². The van der Waals surface area contributed by atoms with Crippen molar-refractivity contribution in [1.29, 1.82) is 0 Å². The highest BCUT2D eigenvalue weighted by atomic mass is 16.8. The Hall–Kier alpha value is -2.08. The smallest absolute Gasteiger partial charge is 0.336 e. The molecule has 2 aliphatic rings. The first kappa shape index (κ1) is 20.0. The van der Waals surface area contributed by atoms with E-state index in [-0.39, 0.29) is 11.1 Å². The molecule has 134 valence electrons. The minimum absolute atomic E-state index is 0.190. The van der Waals surface area contributed by atoms with E-state index in [1.54, 1.807) is 0 Å². The second kappa shape index (κ2) is 12.4. The van der Waals surface area contributed by atoms with Crippen molar-refractivity contribution in [1.82, 2.24) is 0 Å². The van der Waals surface area contributed by atoms with Crippen LogP contribution in [0, 0.1) is 0 Å². The molecule has 0 amide bonds. The number of carbonyl (C=O) groups is 2. The second-order valence-corrected chi connectivity index (χ2v) is 4.09. The zero-order chi connectivity index (χ0) is 17.6. The van der Waals surface area contributed by atoms with Gasteiger partial charge in [-0.1, -0.05) is 12.1 Å². The number of rotatable bonds is 2. The molecule has 0 aromatic heterocycles. The zero-order valence-electron chi connectivity index (χ0n) is 12.7. The second-order valence-electron chi connectivity index (χ2n) is 4.09. The van der Waals surface area contributed by atoms with Gasteiger partial charge in [0.1, 0.15) is 0 Å². The summed E-state index contributed by atoms with van der Waals surface area (Å²) in [6, 6.07) is 5.48. The molecule has 2 fully saturated rings. The van der Waals surface area contributed by atoms with Gasteiger partial charge in [-0.3, -0.25) is 0 Å². The number of ether oxygens (including phenoxy) is 6. The Bertz CT molecular complexity index is 428. The molecule has 2 N–H and O–H groups in total. The molecule has 3 rings (SSSR count). The molecule has 0 atom stereocenters. The summed E-state index contributed by atoms with van der Waals surface area (Å²) >= 11 is 0. The minimum Gasteiger partial charge on any atom is -0.478 e. The summed E-state index contributed by atoms with van der Waals surface area (Å²) in [5.74, 6) is -2.46. The number of carboxylic acid groups (broad SMARTS) is 2. The SMILES string of the molecule is C1OCOCO1.C1OCOCO1.O=C(O)c1ccccc1C(=O)O.